The summed E-state index contributed by atoms with van der Waals surface area (Å²) in [6.45, 7) is 9.77. The van der Waals surface area contributed by atoms with Crippen molar-refractivity contribution in [1.82, 2.24) is 5.32 Å². The van der Waals surface area contributed by atoms with Crippen molar-refractivity contribution in [3.8, 4) is 0 Å². The number of hydrogen-bond acceptors (Lipinski definition) is 1. The molecule has 1 N–H and O–H groups in total. The second-order valence-corrected chi connectivity index (χ2v) is 5.30. The molecule has 0 spiro atoms. The Bertz CT molecular complexity index is 333. The largest absolute Gasteiger partial charge is 0.311 e. The molecule has 0 aromatic heterocycles. The molecule has 0 aliphatic carbocycles. The lowest BCUT2D eigenvalue weighted by molar-refractivity contribution is 0.633. The van der Waals surface area contributed by atoms with Crippen LogP contribution in [0.15, 0.2) is 30.3 Å². The van der Waals surface area contributed by atoms with Gasteiger partial charge in [-0.05, 0) is 23.5 Å². The molecule has 1 nitrogen and oxygen atoms in total. The van der Waals surface area contributed by atoms with Gasteiger partial charge in [0.2, 0.25) is 0 Å². The van der Waals surface area contributed by atoms with E-state index in [1.54, 1.807) is 0 Å². The zero-order valence-electron chi connectivity index (χ0n) is 11.5. The third kappa shape index (κ3) is 6.28. The normalized spacial score (nSPS) is 11.9. The van der Waals surface area contributed by atoms with Gasteiger partial charge in [0.25, 0.3) is 0 Å². The van der Waals surface area contributed by atoms with Crippen LogP contribution in [0.25, 0.3) is 6.08 Å². The average molecular weight is 231 g/mol. The lowest BCUT2D eigenvalue weighted by Crippen LogP contribution is -2.22. The van der Waals surface area contributed by atoms with Gasteiger partial charge in [0.15, 0.2) is 0 Å². The summed E-state index contributed by atoms with van der Waals surface area (Å²) in [7, 11) is 0. The third-order valence-electron chi connectivity index (χ3n) is 2.58. The van der Waals surface area contributed by atoms with E-state index in [4.69, 9.17) is 0 Å². The monoisotopic (exact) mass is 231 g/mol. The molecule has 0 aliphatic rings. The molecule has 0 aliphatic heterocycles. The Morgan fingerprint density at radius 2 is 1.71 bits per heavy atom. The Labute approximate surface area is 106 Å². The summed E-state index contributed by atoms with van der Waals surface area (Å²) in [6, 6.07) is 9.41. The lowest BCUT2D eigenvalue weighted by Gasteiger charge is -2.05. The third-order valence-corrected chi connectivity index (χ3v) is 2.58. The molecule has 0 fully saturated rings. The van der Waals surface area contributed by atoms with Crippen LogP contribution in [0.3, 0.4) is 0 Å². The molecule has 0 heterocycles. The Balaban J connectivity index is 2.45. The maximum atomic E-state index is 3.37. The maximum Gasteiger partial charge on any atom is 0.0140 e. The lowest BCUT2D eigenvalue weighted by atomic mass is 10.0. The molecule has 0 saturated heterocycles. The van der Waals surface area contributed by atoms with Gasteiger partial charge >= 0.3 is 0 Å². The van der Waals surface area contributed by atoms with Crippen LogP contribution in [0.2, 0.25) is 0 Å². The highest BCUT2D eigenvalue weighted by atomic mass is 14.9. The van der Waals surface area contributed by atoms with Crippen molar-refractivity contribution >= 4 is 6.08 Å². The molecular weight excluding hydrogens is 206 g/mol. The molecule has 0 saturated carbocycles. The highest BCUT2D eigenvalue weighted by Gasteiger charge is 1.96. The van der Waals surface area contributed by atoms with Crippen LogP contribution in [0.1, 0.15) is 38.8 Å². The van der Waals surface area contributed by atoms with E-state index in [1.165, 1.54) is 17.5 Å². The van der Waals surface area contributed by atoms with Crippen LogP contribution in [-0.4, -0.2) is 12.6 Å². The SMILES string of the molecule is CC(C)Cc1ccc(C=CCNC(C)C)cc1. The van der Waals surface area contributed by atoms with Crippen LogP contribution < -0.4 is 5.32 Å². The van der Waals surface area contributed by atoms with E-state index in [0.717, 1.165) is 12.5 Å². The molecule has 1 aromatic carbocycles. The summed E-state index contributed by atoms with van der Waals surface area (Å²) in [5.74, 6) is 0.728. The first-order chi connectivity index (χ1) is 8.08. The number of rotatable bonds is 6. The van der Waals surface area contributed by atoms with E-state index in [-0.39, 0.29) is 0 Å². The smallest absolute Gasteiger partial charge is 0.0140 e. The fraction of sp³-hybridized carbons (Fsp3) is 0.500. The van der Waals surface area contributed by atoms with Crippen molar-refractivity contribution in [2.45, 2.75) is 40.2 Å². The first-order valence-corrected chi connectivity index (χ1v) is 6.57. The van der Waals surface area contributed by atoms with Crippen molar-refractivity contribution in [3.63, 3.8) is 0 Å². The predicted molar refractivity (Wildman–Crippen MR) is 77.2 cm³/mol. The van der Waals surface area contributed by atoms with Gasteiger partial charge in [-0.3, -0.25) is 0 Å². The van der Waals surface area contributed by atoms with Crippen molar-refractivity contribution in [1.29, 1.82) is 0 Å². The fourth-order valence-corrected chi connectivity index (χ4v) is 1.73. The van der Waals surface area contributed by atoms with E-state index in [0.29, 0.717) is 6.04 Å². The molecule has 1 rings (SSSR count). The van der Waals surface area contributed by atoms with E-state index in [9.17, 15) is 0 Å². The molecular formula is C16H25N. The molecule has 17 heavy (non-hydrogen) atoms. The number of hydrogen-bond donors (Lipinski definition) is 1. The predicted octanol–water partition coefficient (Wildman–Crippen LogP) is 3.90. The van der Waals surface area contributed by atoms with Gasteiger partial charge in [0.05, 0.1) is 0 Å². The zero-order chi connectivity index (χ0) is 12.7. The molecule has 1 aromatic rings. The quantitative estimate of drug-likeness (QED) is 0.783. The van der Waals surface area contributed by atoms with E-state index >= 15 is 0 Å². The first-order valence-electron chi connectivity index (χ1n) is 6.57. The zero-order valence-corrected chi connectivity index (χ0v) is 11.5. The van der Waals surface area contributed by atoms with Gasteiger partial charge in [0, 0.05) is 12.6 Å². The van der Waals surface area contributed by atoms with Crippen LogP contribution in [0.5, 0.6) is 0 Å². The Kier molecular flexibility index (Phi) is 5.99. The number of benzene rings is 1. The van der Waals surface area contributed by atoms with Gasteiger partial charge in [-0.1, -0.05) is 64.1 Å². The fourth-order valence-electron chi connectivity index (χ4n) is 1.73. The highest BCUT2D eigenvalue weighted by molar-refractivity contribution is 5.49. The van der Waals surface area contributed by atoms with E-state index < -0.39 is 0 Å². The van der Waals surface area contributed by atoms with Gasteiger partial charge in [-0.25, -0.2) is 0 Å². The Hall–Kier alpha value is -1.08. The van der Waals surface area contributed by atoms with Crippen molar-refractivity contribution in [2.75, 3.05) is 6.54 Å². The molecule has 0 unspecified atom stereocenters. The van der Waals surface area contributed by atoms with E-state index in [2.05, 4.69) is 69.4 Å². The van der Waals surface area contributed by atoms with Crippen molar-refractivity contribution in [2.24, 2.45) is 5.92 Å². The van der Waals surface area contributed by atoms with Crippen LogP contribution in [-0.2, 0) is 6.42 Å². The highest BCUT2D eigenvalue weighted by Crippen LogP contribution is 2.10. The summed E-state index contributed by atoms with van der Waals surface area (Å²) < 4.78 is 0. The van der Waals surface area contributed by atoms with Crippen molar-refractivity contribution < 1.29 is 0 Å². The molecule has 0 radical (unpaired) electrons. The number of nitrogens with one attached hydrogen (secondary N) is 1. The second kappa shape index (κ2) is 7.29. The Morgan fingerprint density at radius 3 is 2.24 bits per heavy atom. The summed E-state index contributed by atoms with van der Waals surface area (Å²) in [4.78, 5) is 0. The van der Waals surface area contributed by atoms with Gasteiger partial charge in [-0.15, -0.1) is 0 Å². The summed E-state index contributed by atoms with van der Waals surface area (Å²) in [6.07, 6.45) is 5.52. The van der Waals surface area contributed by atoms with Gasteiger partial charge in [-0.2, -0.15) is 0 Å². The van der Waals surface area contributed by atoms with Crippen LogP contribution in [0.4, 0.5) is 0 Å². The molecule has 94 valence electrons. The summed E-state index contributed by atoms with van der Waals surface area (Å²) >= 11 is 0. The second-order valence-electron chi connectivity index (χ2n) is 5.30. The van der Waals surface area contributed by atoms with Gasteiger partial charge in [0.1, 0.15) is 0 Å². The topological polar surface area (TPSA) is 12.0 Å². The summed E-state index contributed by atoms with van der Waals surface area (Å²) in [5, 5.41) is 3.37. The first kappa shape index (κ1) is 14.0. The van der Waals surface area contributed by atoms with E-state index in [1.807, 2.05) is 0 Å². The molecule has 0 amide bonds. The molecule has 0 atom stereocenters. The standard InChI is InChI=1S/C16H25N/c1-13(2)12-16-9-7-15(8-10-16)6-5-11-17-14(3)4/h5-10,13-14,17H,11-12H2,1-4H3. The summed E-state index contributed by atoms with van der Waals surface area (Å²) in [5.41, 5.74) is 2.71. The van der Waals surface area contributed by atoms with Crippen LogP contribution >= 0.6 is 0 Å². The van der Waals surface area contributed by atoms with Gasteiger partial charge < -0.3 is 5.32 Å². The molecule has 0 bridgehead atoms. The van der Waals surface area contributed by atoms with Crippen molar-refractivity contribution in [3.05, 3.63) is 41.5 Å². The van der Waals surface area contributed by atoms with Crippen LogP contribution in [0, 0.1) is 5.92 Å². The average Bonchev–Trinajstić information content (AvgIpc) is 2.25. The Morgan fingerprint density at radius 1 is 1.06 bits per heavy atom. The minimum atomic E-state index is 0.549. The minimum Gasteiger partial charge on any atom is -0.311 e. The minimum absolute atomic E-state index is 0.549. The molecule has 1 heteroatoms. The maximum absolute atomic E-state index is 3.37.